The van der Waals surface area contributed by atoms with E-state index in [9.17, 15) is 0 Å². The molecule has 28 aromatic rings. The Balaban J connectivity index is 0.000000114. The average Bonchev–Trinajstić information content (AvgIpc) is 1.58. The van der Waals surface area contributed by atoms with E-state index in [1.54, 1.807) is 12.4 Å². The lowest BCUT2D eigenvalue weighted by Crippen LogP contribution is -2.01. The summed E-state index contributed by atoms with van der Waals surface area (Å²) in [5.41, 5.74) is 32.3. The van der Waals surface area contributed by atoms with Crippen molar-refractivity contribution in [2.75, 3.05) is 0 Å². The lowest BCUT2D eigenvalue weighted by Gasteiger charge is -2.13. The Labute approximate surface area is 804 Å². The number of hydrogen-bond donors (Lipinski definition) is 0. The lowest BCUT2D eigenvalue weighted by atomic mass is 10.0. The van der Waals surface area contributed by atoms with Gasteiger partial charge in [-0.25, -0.2) is 29.9 Å². The van der Waals surface area contributed by atoms with Crippen molar-refractivity contribution in [2.45, 2.75) is 0 Å². The Bertz CT molecular complexity index is 8800. The summed E-state index contributed by atoms with van der Waals surface area (Å²) >= 11 is 0. The van der Waals surface area contributed by atoms with E-state index in [4.69, 9.17) is 24.9 Å². The molecule has 0 amide bonds. The van der Waals surface area contributed by atoms with Crippen molar-refractivity contribution in [3.05, 3.63) is 498 Å². The topological polar surface area (TPSA) is 132 Å². The van der Waals surface area contributed by atoms with Crippen LogP contribution >= 0.6 is 0 Å². The zero-order valence-electron chi connectivity index (χ0n) is 75.6. The Hall–Kier alpha value is -19.2. The maximum absolute atomic E-state index is 5.28. The minimum absolute atomic E-state index is 0.510. The predicted octanol–water partition coefficient (Wildman–Crippen LogP) is 31.0. The van der Waals surface area contributed by atoms with Crippen molar-refractivity contribution in [3.8, 4) is 130 Å². The highest BCUT2D eigenvalue weighted by molar-refractivity contribution is 6.13. The summed E-state index contributed by atoms with van der Waals surface area (Å²) in [4.78, 5) is 38.4. The maximum atomic E-state index is 5.28. The van der Waals surface area contributed by atoms with Gasteiger partial charge in [0.2, 0.25) is 0 Å². The maximum Gasteiger partial charge on any atom is 0.182 e. The Kier molecular flexibility index (Phi) is 20.2. The van der Waals surface area contributed by atoms with Gasteiger partial charge >= 0.3 is 0 Å². The summed E-state index contributed by atoms with van der Waals surface area (Å²) in [5, 5.41) is 12.5. The van der Waals surface area contributed by atoms with E-state index in [1.807, 2.05) is 60.8 Å². The highest BCUT2D eigenvalue weighted by Crippen LogP contribution is 2.42. The second kappa shape index (κ2) is 34.7. The molecule has 11 heterocycles. The van der Waals surface area contributed by atoms with Crippen LogP contribution < -0.4 is 0 Å². The van der Waals surface area contributed by atoms with Crippen LogP contribution in [0.1, 0.15) is 0 Å². The van der Waals surface area contributed by atoms with Crippen LogP contribution in [-0.2, 0) is 0 Å². The standard InChI is InChI=1S/C58H37N5.C37H24N6.C31H21N3/c1-7-19-52-44(13-1)45-14-2-8-20-53(45)61(52)41-31-25-38(26-32-41)50-37-51(39-27-33-42(34-28-39)62-54-21-9-3-15-46(54)47-16-4-10-22-55(47)62)60-58(59-50)40-29-35-43(36-30-40)63-56-23-11-5-17-48(56)49-18-6-12-24-57(49)63;1-3-13-33-29(9-1)30-10-2-4-14-34(30)43(33)28-21-19-26(20-22-28)25-15-17-27(18-16-25)35-40-36(31-11-5-7-23-38-31)42-37(41-35)32-12-6-8-24-39-32;1-3-9-29-26(7-1)27-8-2-4-10-30(27)34(29)25-18-16-23(17-19-25)22-12-14-24(15-13-22)28-21-33-20-6-5-11-31(33)32-28/h1-37H;1-24H;1-21H. The first kappa shape index (κ1) is 81.6. The summed E-state index contributed by atoms with van der Waals surface area (Å²) in [7, 11) is 0. The van der Waals surface area contributed by atoms with Gasteiger partial charge in [-0.3, -0.25) is 9.97 Å². The monoisotopic (exact) mass is 1790 g/mol. The van der Waals surface area contributed by atoms with E-state index in [0.717, 1.165) is 84.4 Å². The molecule has 0 unspecified atom stereocenters. The molecule has 656 valence electrons. The van der Waals surface area contributed by atoms with Crippen LogP contribution in [0.25, 0.3) is 245 Å². The molecule has 0 aliphatic heterocycles. The number of rotatable bonds is 14. The zero-order chi connectivity index (χ0) is 92.5. The SMILES string of the molecule is c1ccc(-c2nc(-c3ccc(-c4ccc(-n5c6ccccc6c6ccccc65)cc4)cc3)nc(-c3ccccn3)n2)nc1.c1ccc2c(c1)c1ccccc1n2-c1ccc(-c2cc(-c3ccc(-n4c5ccccc5c5ccccc54)cc3)nc(-c3ccc(-n4c5ccccc5c5ccccc54)cc3)n2)cc1.c1ccc2c(c1)c1ccccc1n2-c1ccc(-c2ccc(-c3cn4ccccc4n3)cc2)cc1. The number of pyridine rings is 3. The van der Waals surface area contributed by atoms with Gasteiger partial charge in [0, 0.05) is 135 Å². The van der Waals surface area contributed by atoms with Crippen molar-refractivity contribution >= 4 is 115 Å². The van der Waals surface area contributed by atoms with E-state index >= 15 is 0 Å². The molecule has 0 aliphatic rings. The predicted molar refractivity (Wildman–Crippen MR) is 573 cm³/mol. The summed E-state index contributed by atoms with van der Waals surface area (Å²) in [6.07, 6.45) is 7.57. The van der Waals surface area contributed by atoms with E-state index in [-0.39, 0.29) is 0 Å². The summed E-state index contributed by atoms with van der Waals surface area (Å²) in [6, 6.07) is 166. The minimum Gasteiger partial charge on any atom is -0.309 e. The fourth-order valence-corrected chi connectivity index (χ4v) is 20.2. The molecule has 0 spiro atoms. The molecule has 17 aromatic carbocycles. The van der Waals surface area contributed by atoms with E-state index < -0.39 is 0 Å². The number of para-hydroxylation sites is 10. The molecule has 0 fully saturated rings. The van der Waals surface area contributed by atoms with Gasteiger partial charge in [0.15, 0.2) is 23.3 Å². The number of fused-ring (bicyclic) bond motifs is 16. The number of imidazole rings is 1. The zero-order valence-corrected chi connectivity index (χ0v) is 75.6. The first-order valence-corrected chi connectivity index (χ1v) is 47.0. The largest absolute Gasteiger partial charge is 0.309 e. The minimum atomic E-state index is 0.510. The fraction of sp³-hybridized carbons (Fsp3) is 0. The summed E-state index contributed by atoms with van der Waals surface area (Å²) in [6.45, 7) is 0. The molecule has 0 saturated carbocycles. The Morgan fingerprint density at radius 1 is 0.150 bits per heavy atom. The van der Waals surface area contributed by atoms with Crippen LogP contribution in [-0.4, -0.2) is 67.1 Å². The molecular formula is C126H82N14. The van der Waals surface area contributed by atoms with Crippen molar-refractivity contribution < 1.29 is 0 Å². The quantitative estimate of drug-likeness (QED) is 0.105. The molecule has 0 radical (unpaired) electrons. The van der Waals surface area contributed by atoms with Crippen LogP contribution in [0.15, 0.2) is 498 Å². The third-order valence-electron chi connectivity index (χ3n) is 26.9. The first-order chi connectivity index (χ1) is 69.4. The highest BCUT2D eigenvalue weighted by Gasteiger charge is 2.22. The molecule has 0 aliphatic carbocycles. The van der Waals surface area contributed by atoms with Gasteiger partial charge in [0.25, 0.3) is 0 Å². The van der Waals surface area contributed by atoms with E-state index in [2.05, 4.69) is 467 Å². The smallest absolute Gasteiger partial charge is 0.182 e. The third-order valence-corrected chi connectivity index (χ3v) is 26.9. The molecule has 14 heteroatoms. The van der Waals surface area contributed by atoms with Crippen LogP contribution in [0.4, 0.5) is 0 Å². The average molecular weight is 1790 g/mol. The molecule has 0 atom stereocenters. The van der Waals surface area contributed by atoms with E-state index in [1.165, 1.54) is 126 Å². The summed E-state index contributed by atoms with van der Waals surface area (Å²) < 4.78 is 13.8. The Morgan fingerprint density at radius 2 is 0.371 bits per heavy atom. The summed E-state index contributed by atoms with van der Waals surface area (Å²) in [5.74, 6) is 2.27. The normalized spacial score (nSPS) is 11.6. The van der Waals surface area contributed by atoms with Crippen molar-refractivity contribution in [1.82, 2.24) is 67.1 Å². The number of benzene rings is 17. The molecule has 11 aromatic heterocycles. The molecule has 28 rings (SSSR count). The fourth-order valence-electron chi connectivity index (χ4n) is 20.2. The molecular weight excluding hydrogens is 1710 g/mol. The van der Waals surface area contributed by atoms with Gasteiger partial charge in [0.05, 0.1) is 72.2 Å². The van der Waals surface area contributed by atoms with Crippen LogP contribution in [0.3, 0.4) is 0 Å². The second-order valence-electron chi connectivity index (χ2n) is 35.0. The lowest BCUT2D eigenvalue weighted by molar-refractivity contribution is 1.05. The van der Waals surface area contributed by atoms with Crippen LogP contribution in [0, 0.1) is 0 Å². The molecule has 0 bridgehead atoms. The van der Waals surface area contributed by atoms with Crippen LogP contribution in [0.2, 0.25) is 0 Å². The molecule has 140 heavy (non-hydrogen) atoms. The highest BCUT2D eigenvalue weighted by atomic mass is 15.1. The molecule has 14 nitrogen and oxygen atoms in total. The number of aromatic nitrogens is 14. The van der Waals surface area contributed by atoms with Crippen molar-refractivity contribution in [2.24, 2.45) is 0 Å². The van der Waals surface area contributed by atoms with E-state index in [0.29, 0.717) is 34.7 Å². The van der Waals surface area contributed by atoms with Gasteiger partial charge in [-0.1, -0.05) is 297 Å². The van der Waals surface area contributed by atoms with Gasteiger partial charge < -0.3 is 27.2 Å². The van der Waals surface area contributed by atoms with Gasteiger partial charge in [-0.15, -0.1) is 0 Å². The first-order valence-electron chi connectivity index (χ1n) is 47.0. The van der Waals surface area contributed by atoms with Gasteiger partial charge in [0.1, 0.15) is 17.0 Å². The Morgan fingerprint density at radius 3 is 0.650 bits per heavy atom. The van der Waals surface area contributed by atoms with Crippen molar-refractivity contribution in [1.29, 1.82) is 0 Å². The number of nitrogens with zero attached hydrogens (tertiary/aromatic N) is 14. The van der Waals surface area contributed by atoms with Gasteiger partial charge in [-0.2, -0.15) is 0 Å². The van der Waals surface area contributed by atoms with Gasteiger partial charge in [-0.05, 0) is 198 Å². The van der Waals surface area contributed by atoms with Crippen molar-refractivity contribution in [3.63, 3.8) is 0 Å². The third kappa shape index (κ3) is 14.6. The number of hydrogen-bond acceptors (Lipinski definition) is 8. The second-order valence-corrected chi connectivity index (χ2v) is 35.0. The van der Waals surface area contributed by atoms with Crippen LogP contribution in [0.5, 0.6) is 0 Å². The molecule has 0 N–H and O–H groups in total. The molecule has 0 saturated heterocycles.